The van der Waals surface area contributed by atoms with E-state index < -0.39 is 23.9 Å². The highest BCUT2D eigenvalue weighted by molar-refractivity contribution is 5.76. The van der Waals surface area contributed by atoms with E-state index >= 15 is 0 Å². The van der Waals surface area contributed by atoms with E-state index in [0.29, 0.717) is 13.0 Å². The number of ether oxygens (including phenoxy) is 3. The SMILES string of the molecule is CCCCCCCCCCCCCCCCCC(=O)OCC(COC(=O)[C@@H](NCOCc1ccccc1)C(C)C)CC(=O)O. The van der Waals surface area contributed by atoms with Crippen LogP contribution < -0.4 is 5.32 Å². The van der Waals surface area contributed by atoms with Gasteiger partial charge in [-0.15, -0.1) is 0 Å². The van der Waals surface area contributed by atoms with Crippen molar-refractivity contribution in [1.82, 2.24) is 5.32 Å². The van der Waals surface area contributed by atoms with Crippen molar-refractivity contribution in [3.05, 3.63) is 35.9 Å². The Morgan fingerprint density at radius 1 is 0.750 bits per heavy atom. The number of unbranched alkanes of at least 4 members (excludes halogenated alkanes) is 14. The molecular formula is C36H61NO7. The molecule has 0 fully saturated rings. The third kappa shape index (κ3) is 22.1. The van der Waals surface area contributed by atoms with E-state index in [4.69, 9.17) is 14.2 Å². The van der Waals surface area contributed by atoms with E-state index in [0.717, 1.165) is 24.8 Å². The molecule has 0 aliphatic carbocycles. The Bertz CT molecular complexity index is 861. The molecule has 0 bridgehead atoms. The minimum atomic E-state index is -1.03. The summed E-state index contributed by atoms with van der Waals surface area (Å²) < 4.78 is 16.4. The fraction of sp³-hybridized carbons (Fsp3) is 0.750. The van der Waals surface area contributed by atoms with E-state index in [1.165, 1.54) is 77.0 Å². The maximum Gasteiger partial charge on any atom is 0.323 e. The van der Waals surface area contributed by atoms with Crippen LogP contribution in [0.1, 0.15) is 135 Å². The molecule has 0 saturated heterocycles. The molecule has 1 unspecified atom stereocenters. The first kappa shape index (κ1) is 39.6. The number of rotatable bonds is 29. The summed E-state index contributed by atoms with van der Waals surface area (Å²) in [6.07, 6.45) is 19.0. The lowest BCUT2D eigenvalue weighted by molar-refractivity contribution is -0.155. The van der Waals surface area contributed by atoms with Crippen molar-refractivity contribution in [2.45, 2.75) is 143 Å². The predicted molar refractivity (Wildman–Crippen MR) is 175 cm³/mol. The molecule has 1 aromatic carbocycles. The molecule has 0 radical (unpaired) electrons. The number of aliphatic carboxylic acids is 1. The topological polar surface area (TPSA) is 111 Å². The van der Waals surface area contributed by atoms with Gasteiger partial charge >= 0.3 is 17.9 Å². The van der Waals surface area contributed by atoms with Gasteiger partial charge in [-0.05, 0) is 17.9 Å². The van der Waals surface area contributed by atoms with Crippen LogP contribution in [0.15, 0.2) is 30.3 Å². The summed E-state index contributed by atoms with van der Waals surface area (Å²) >= 11 is 0. The van der Waals surface area contributed by atoms with Gasteiger partial charge in [0.05, 0.1) is 33.0 Å². The zero-order valence-corrected chi connectivity index (χ0v) is 27.9. The van der Waals surface area contributed by atoms with Crippen molar-refractivity contribution >= 4 is 17.9 Å². The molecule has 0 heterocycles. The summed E-state index contributed by atoms with van der Waals surface area (Å²) in [6.45, 7) is 6.41. The summed E-state index contributed by atoms with van der Waals surface area (Å²) in [5.74, 6) is -2.52. The molecule has 44 heavy (non-hydrogen) atoms. The van der Waals surface area contributed by atoms with Crippen molar-refractivity contribution in [3.63, 3.8) is 0 Å². The molecule has 0 aliphatic rings. The van der Waals surface area contributed by atoms with E-state index in [1.54, 1.807) is 0 Å². The molecule has 0 spiro atoms. The van der Waals surface area contributed by atoms with Crippen LogP contribution in [0.5, 0.6) is 0 Å². The van der Waals surface area contributed by atoms with Gasteiger partial charge in [0, 0.05) is 12.3 Å². The molecule has 0 aliphatic heterocycles. The normalized spacial score (nSPS) is 12.6. The van der Waals surface area contributed by atoms with Gasteiger partial charge in [-0.1, -0.05) is 141 Å². The highest BCUT2D eigenvalue weighted by Crippen LogP contribution is 2.15. The van der Waals surface area contributed by atoms with Gasteiger partial charge in [0.1, 0.15) is 6.04 Å². The summed E-state index contributed by atoms with van der Waals surface area (Å²) in [5, 5.41) is 12.4. The van der Waals surface area contributed by atoms with Crippen molar-refractivity contribution in [1.29, 1.82) is 0 Å². The van der Waals surface area contributed by atoms with Gasteiger partial charge in [0.15, 0.2) is 0 Å². The van der Waals surface area contributed by atoms with Gasteiger partial charge in [-0.25, -0.2) is 0 Å². The van der Waals surface area contributed by atoms with Gasteiger partial charge in [0.2, 0.25) is 0 Å². The van der Waals surface area contributed by atoms with Gasteiger partial charge in [-0.2, -0.15) is 0 Å². The molecular weight excluding hydrogens is 558 g/mol. The molecule has 252 valence electrons. The standard InChI is InChI=1S/C36H61NO7/c1-4-5-6-7-8-9-10-11-12-13-14-15-16-17-21-24-34(40)43-27-32(25-33(38)39)28-44-36(41)35(30(2)3)37-29-42-26-31-22-19-18-20-23-31/h18-20,22-23,30,32,35,37H,4-17,21,24-29H2,1-3H3,(H,38,39)/t32?,35-/m0/s1. The second kappa shape index (κ2) is 26.9. The van der Waals surface area contributed by atoms with Crippen molar-refractivity contribution in [2.24, 2.45) is 11.8 Å². The minimum absolute atomic E-state index is 0.0616. The predicted octanol–water partition coefficient (Wildman–Crippen LogP) is 8.21. The maximum absolute atomic E-state index is 12.7. The highest BCUT2D eigenvalue weighted by Gasteiger charge is 2.25. The molecule has 8 nitrogen and oxygen atoms in total. The van der Waals surface area contributed by atoms with Crippen molar-refractivity contribution < 1.29 is 33.7 Å². The monoisotopic (exact) mass is 619 g/mol. The Balaban J connectivity index is 2.17. The molecule has 2 atom stereocenters. The second-order valence-electron chi connectivity index (χ2n) is 12.4. The smallest absolute Gasteiger partial charge is 0.323 e. The molecule has 1 aromatic rings. The largest absolute Gasteiger partial charge is 0.481 e. The summed E-state index contributed by atoms with van der Waals surface area (Å²) in [6, 6.07) is 9.13. The van der Waals surface area contributed by atoms with Crippen LogP contribution in [0.4, 0.5) is 0 Å². The summed E-state index contributed by atoms with van der Waals surface area (Å²) in [7, 11) is 0. The van der Waals surface area contributed by atoms with Crippen LogP contribution in [-0.2, 0) is 35.2 Å². The zero-order valence-electron chi connectivity index (χ0n) is 27.9. The third-order valence-electron chi connectivity index (χ3n) is 7.83. The van der Waals surface area contributed by atoms with Crippen LogP contribution in [0.25, 0.3) is 0 Å². The fourth-order valence-corrected chi connectivity index (χ4v) is 5.11. The van der Waals surface area contributed by atoms with Crippen LogP contribution in [0.3, 0.4) is 0 Å². The summed E-state index contributed by atoms with van der Waals surface area (Å²) in [5.41, 5.74) is 1.03. The third-order valence-corrected chi connectivity index (χ3v) is 7.83. The number of carboxylic acids is 1. The number of benzene rings is 1. The lowest BCUT2D eigenvalue weighted by Crippen LogP contribution is -2.43. The Hall–Kier alpha value is -2.45. The van der Waals surface area contributed by atoms with Crippen molar-refractivity contribution in [2.75, 3.05) is 19.9 Å². The van der Waals surface area contributed by atoms with Crippen LogP contribution in [0.2, 0.25) is 0 Å². The first-order valence-corrected chi connectivity index (χ1v) is 17.2. The maximum atomic E-state index is 12.7. The number of esters is 2. The van der Waals surface area contributed by atoms with E-state index in [2.05, 4.69) is 12.2 Å². The number of hydrogen-bond donors (Lipinski definition) is 2. The molecule has 2 N–H and O–H groups in total. The number of carbonyl (C=O) groups is 3. The Morgan fingerprint density at radius 3 is 1.80 bits per heavy atom. The number of carbonyl (C=O) groups excluding carboxylic acids is 2. The average molecular weight is 620 g/mol. The Morgan fingerprint density at radius 2 is 1.27 bits per heavy atom. The minimum Gasteiger partial charge on any atom is -0.481 e. The lowest BCUT2D eigenvalue weighted by Gasteiger charge is -2.22. The molecule has 1 rings (SSSR count). The first-order chi connectivity index (χ1) is 21.3. The first-order valence-electron chi connectivity index (χ1n) is 17.2. The van der Waals surface area contributed by atoms with Gasteiger partial charge in [-0.3, -0.25) is 19.7 Å². The molecule has 0 aromatic heterocycles. The molecule has 0 saturated carbocycles. The molecule has 0 amide bonds. The number of hydrogen-bond acceptors (Lipinski definition) is 7. The van der Waals surface area contributed by atoms with Crippen LogP contribution >= 0.6 is 0 Å². The van der Waals surface area contributed by atoms with E-state index in [9.17, 15) is 19.5 Å². The Kier molecular flexibility index (Phi) is 24.2. The van der Waals surface area contributed by atoms with E-state index in [1.807, 2.05) is 44.2 Å². The van der Waals surface area contributed by atoms with Gasteiger partial charge < -0.3 is 19.3 Å². The Labute approximate surface area is 267 Å². The average Bonchev–Trinajstić information content (AvgIpc) is 3.00. The van der Waals surface area contributed by atoms with Crippen LogP contribution in [0, 0.1) is 11.8 Å². The number of carboxylic acid groups (broad SMARTS) is 1. The fourth-order valence-electron chi connectivity index (χ4n) is 5.11. The van der Waals surface area contributed by atoms with E-state index in [-0.39, 0.29) is 38.3 Å². The second-order valence-corrected chi connectivity index (χ2v) is 12.4. The lowest BCUT2D eigenvalue weighted by atomic mass is 10.0. The van der Waals surface area contributed by atoms with Crippen LogP contribution in [-0.4, -0.2) is 49.0 Å². The zero-order chi connectivity index (χ0) is 32.3. The quantitative estimate of drug-likeness (QED) is 0.0524. The van der Waals surface area contributed by atoms with Crippen molar-refractivity contribution in [3.8, 4) is 0 Å². The molecule has 8 heteroatoms. The number of nitrogens with one attached hydrogen (secondary N) is 1. The highest BCUT2D eigenvalue weighted by atomic mass is 16.5. The summed E-state index contributed by atoms with van der Waals surface area (Å²) in [4.78, 5) is 36.4. The van der Waals surface area contributed by atoms with Gasteiger partial charge in [0.25, 0.3) is 0 Å².